The highest BCUT2D eigenvalue weighted by Gasteiger charge is 2.51. The van der Waals surface area contributed by atoms with E-state index in [1.54, 1.807) is 0 Å². The normalized spacial score (nSPS) is 17.5. The number of likely N-dealkylation sites (N-methyl/N-ethyl adjacent to an activating group) is 1. The number of aryl methyl sites for hydroxylation is 2. The molecule has 1 N–H and O–H groups in total. The molecule has 0 spiro atoms. The van der Waals surface area contributed by atoms with E-state index in [-0.39, 0.29) is 5.97 Å². The quantitative estimate of drug-likeness (QED) is 0.744. The Balaban J connectivity index is 2.30. The second-order valence-corrected chi connectivity index (χ2v) is 5.71. The summed E-state index contributed by atoms with van der Waals surface area (Å²) in [6, 6.07) is 2.14. The topological polar surface area (TPSA) is 56.2 Å². The number of hydrogen-bond acceptors (Lipinski definition) is 4. The van der Waals surface area contributed by atoms with Gasteiger partial charge in [0.05, 0.1) is 18.8 Å². The lowest BCUT2D eigenvalue weighted by atomic mass is 9.93. The van der Waals surface area contributed by atoms with Crippen LogP contribution in [0.5, 0.6) is 0 Å². The van der Waals surface area contributed by atoms with Crippen LogP contribution in [-0.4, -0.2) is 34.9 Å². The molecule has 0 aromatic carbocycles. The molecule has 1 fully saturated rings. The van der Waals surface area contributed by atoms with Crippen LogP contribution in [0.15, 0.2) is 6.07 Å². The van der Waals surface area contributed by atoms with Gasteiger partial charge in [-0.25, -0.2) is 4.79 Å². The second-order valence-electron chi connectivity index (χ2n) is 5.71. The molecule has 1 unspecified atom stereocenters. The van der Waals surface area contributed by atoms with Gasteiger partial charge in [0.2, 0.25) is 0 Å². The van der Waals surface area contributed by atoms with Crippen molar-refractivity contribution >= 4 is 5.97 Å². The molecule has 1 aliphatic rings. The van der Waals surface area contributed by atoms with Crippen LogP contribution < -0.4 is 5.32 Å². The summed E-state index contributed by atoms with van der Waals surface area (Å²) < 4.78 is 7.33. The smallest absolute Gasteiger partial charge is 0.328 e. The van der Waals surface area contributed by atoms with E-state index >= 15 is 0 Å². The van der Waals surface area contributed by atoms with Crippen molar-refractivity contribution in [3.8, 4) is 0 Å². The Morgan fingerprint density at radius 3 is 2.62 bits per heavy atom. The maximum absolute atomic E-state index is 12.5. The van der Waals surface area contributed by atoms with Gasteiger partial charge in [0, 0.05) is 5.69 Å². The van der Waals surface area contributed by atoms with Crippen molar-refractivity contribution in [1.82, 2.24) is 15.1 Å². The minimum atomic E-state index is -0.642. The molecule has 5 nitrogen and oxygen atoms in total. The summed E-state index contributed by atoms with van der Waals surface area (Å²) in [7, 11) is 1.85. The molecule has 1 aliphatic carbocycles. The number of hydrogen-bond donors (Lipinski definition) is 1. The van der Waals surface area contributed by atoms with Crippen molar-refractivity contribution in [1.29, 1.82) is 0 Å². The van der Waals surface area contributed by atoms with Gasteiger partial charge in [-0.3, -0.25) is 4.68 Å². The highest BCUT2D eigenvalue weighted by molar-refractivity contribution is 5.81. The van der Waals surface area contributed by atoms with Crippen LogP contribution in [0, 0.1) is 5.92 Å². The largest absolute Gasteiger partial charge is 0.465 e. The van der Waals surface area contributed by atoms with Crippen LogP contribution in [0.4, 0.5) is 0 Å². The Bertz CT molecular complexity index is 494. The first-order valence-electron chi connectivity index (χ1n) is 8.02. The molecule has 1 atom stereocenters. The lowest BCUT2D eigenvalue weighted by Gasteiger charge is -2.31. The predicted molar refractivity (Wildman–Crippen MR) is 82.1 cm³/mol. The summed E-state index contributed by atoms with van der Waals surface area (Å²) in [5.41, 5.74) is 1.62. The number of carbonyl (C=O) groups is 1. The lowest BCUT2D eigenvalue weighted by Crippen LogP contribution is -2.56. The van der Waals surface area contributed by atoms with Gasteiger partial charge in [0.15, 0.2) is 0 Å². The van der Waals surface area contributed by atoms with Gasteiger partial charge in [-0.05, 0) is 51.6 Å². The maximum Gasteiger partial charge on any atom is 0.328 e. The van der Waals surface area contributed by atoms with Gasteiger partial charge in [0.25, 0.3) is 0 Å². The van der Waals surface area contributed by atoms with Crippen molar-refractivity contribution in [3.63, 3.8) is 0 Å². The zero-order valence-electron chi connectivity index (χ0n) is 13.6. The third kappa shape index (κ3) is 3.12. The standard InChI is InChI=1S/C16H27N3O2/c1-5-13-10-14(6-2)19(18-13)11-16(17-4,12-8-9-12)15(20)21-7-3/h10,12,17H,5-9,11H2,1-4H3. The first kappa shape index (κ1) is 16.0. The molecule has 2 rings (SSSR count). The Morgan fingerprint density at radius 1 is 1.43 bits per heavy atom. The van der Waals surface area contributed by atoms with E-state index in [0.717, 1.165) is 31.4 Å². The van der Waals surface area contributed by atoms with Gasteiger partial charge in [-0.1, -0.05) is 13.8 Å². The van der Waals surface area contributed by atoms with E-state index in [1.165, 1.54) is 5.69 Å². The number of nitrogens with one attached hydrogen (secondary N) is 1. The molecule has 0 radical (unpaired) electrons. The number of nitrogens with zero attached hydrogens (tertiary/aromatic N) is 2. The first-order chi connectivity index (χ1) is 10.1. The number of rotatable bonds is 8. The van der Waals surface area contributed by atoms with Crippen LogP contribution in [-0.2, 0) is 28.9 Å². The minimum absolute atomic E-state index is 0.148. The summed E-state index contributed by atoms with van der Waals surface area (Å²) in [5.74, 6) is 0.200. The molecule has 0 amide bonds. The second kappa shape index (κ2) is 6.60. The minimum Gasteiger partial charge on any atom is -0.465 e. The van der Waals surface area contributed by atoms with Crippen LogP contribution in [0.3, 0.4) is 0 Å². The third-order valence-electron chi connectivity index (χ3n) is 4.40. The van der Waals surface area contributed by atoms with Gasteiger partial charge in [0.1, 0.15) is 5.54 Å². The Labute approximate surface area is 127 Å². The van der Waals surface area contributed by atoms with E-state index < -0.39 is 5.54 Å². The van der Waals surface area contributed by atoms with Crippen LogP contribution in [0.25, 0.3) is 0 Å². The van der Waals surface area contributed by atoms with Crippen LogP contribution in [0.2, 0.25) is 0 Å². The SMILES string of the molecule is CCOC(=O)C(Cn1nc(CC)cc1CC)(NC)C1CC1. The number of carbonyl (C=O) groups excluding carboxylic acids is 1. The van der Waals surface area contributed by atoms with Gasteiger partial charge in [-0.2, -0.15) is 5.10 Å². The summed E-state index contributed by atoms with van der Waals surface area (Å²) in [5, 5.41) is 7.91. The Kier molecular flexibility index (Phi) is 5.04. The zero-order valence-corrected chi connectivity index (χ0v) is 13.6. The molecule has 0 aliphatic heterocycles. The maximum atomic E-state index is 12.5. The summed E-state index contributed by atoms with van der Waals surface area (Å²) >= 11 is 0. The molecule has 118 valence electrons. The highest BCUT2D eigenvalue weighted by Crippen LogP contribution is 2.41. The fourth-order valence-corrected chi connectivity index (χ4v) is 2.93. The molecule has 1 aromatic rings. The lowest BCUT2D eigenvalue weighted by molar-refractivity contribution is -0.153. The van der Waals surface area contributed by atoms with Crippen molar-refractivity contribution in [2.75, 3.05) is 13.7 Å². The fourth-order valence-electron chi connectivity index (χ4n) is 2.93. The predicted octanol–water partition coefficient (Wildman–Crippen LogP) is 1.94. The third-order valence-corrected chi connectivity index (χ3v) is 4.40. The molecular weight excluding hydrogens is 266 g/mol. The van der Waals surface area contributed by atoms with Gasteiger partial charge < -0.3 is 10.1 Å². The molecule has 1 aromatic heterocycles. The number of aromatic nitrogens is 2. The number of esters is 1. The van der Waals surface area contributed by atoms with E-state index in [4.69, 9.17) is 4.74 Å². The first-order valence-corrected chi connectivity index (χ1v) is 8.02. The molecule has 5 heteroatoms. The highest BCUT2D eigenvalue weighted by atomic mass is 16.5. The van der Waals surface area contributed by atoms with Crippen molar-refractivity contribution in [3.05, 3.63) is 17.5 Å². The molecule has 21 heavy (non-hydrogen) atoms. The van der Waals surface area contributed by atoms with E-state index in [9.17, 15) is 4.79 Å². The van der Waals surface area contributed by atoms with E-state index in [0.29, 0.717) is 19.1 Å². The average molecular weight is 293 g/mol. The average Bonchev–Trinajstić information content (AvgIpc) is 3.26. The van der Waals surface area contributed by atoms with Crippen molar-refractivity contribution in [2.24, 2.45) is 5.92 Å². The molecule has 0 bridgehead atoms. The zero-order chi connectivity index (χ0) is 15.5. The molecule has 0 saturated heterocycles. The van der Waals surface area contributed by atoms with E-state index in [2.05, 4.69) is 30.3 Å². The van der Waals surface area contributed by atoms with Gasteiger partial charge in [-0.15, -0.1) is 0 Å². The molecule has 1 heterocycles. The summed E-state index contributed by atoms with van der Waals surface area (Å²) in [6.45, 7) is 7.04. The Morgan fingerprint density at radius 2 is 2.14 bits per heavy atom. The fraction of sp³-hybridized carbons (Fsp3) is 0.750. The summed E-state index contributed by atoms with van der Waals surface area (Å²) in [4.78, 5) is 12.5. The number of ether oxygens (including phenoxy) is 1. The van der Waals surface area contributed by atoms with Crippen molar-refractivity contribution in [2.45, 2.75) is 58.5 Å². The molecular formula is C16H27N3O2. The monoisotopic (exact) mass is 293 g/mol. The van der Waals surface area contributed by atoms with Crippen LogP contribution >= 0.6 is 0 Å². The molecule has 1 saturated carbocycles. The van der Waals surface area contributed by atoms with Crippen molar-refractivity contribution < 1.29 is 9.53 Å². The summed E-state index contributed by atoms with van der Waals surface area (Å²) in [6.07, 6.45) is 3.97. The van der Waals surface area contributed by atoms with Crippen LogP contribution in [0.1, 0.15) is 45.0 Å². The van der Waals surface area contributed by atoms with E-state index in [1.807, 2.05) is 18.7 Å². The Hall–Kier alpha value is -1.36. The van der Waals surface area contributed by atoms with Gasteiger partial charge >= 0.3 is 5.97 Å².